The Morgan fingerprint density at radius 2 is 1.60 bits per heavy atom. The second-order valence-corrected chi connectivity index (χ2v) is 7.78. The summed E-state index contributed by atoms with van der Waals surface area (Å²) in [4.78, 5) is 7.39. The number of nitrogens with one attached hydrogen (secondary N) is 1. The van der Waals surface area contributed by atoms with E-state index < -0.39 is 0 Å². The van der Waals surface area contributed by atoms with Crippen molar-refractivity contribution in [3.63, 3.8) is 0 Å². The van der Waals surface area contributed by atoms with Crippen LogP contribution in [0.1, 0.15) is 11.1 Å². The summed E-state index contributed by atoms with van der Waals surface area (Å²) in [5.41, 5.74) is 7.71. The number of morpholine rings is 1. The lowest BCUT2D eigenvalue weighted by Gasteiger charge is -2.28. The normalized spacial score (nSPS) is 14.3. The second kappa shape index (κ2) is 7.84. The number of aryl methyl sites for hydroxylation is 2. The largest absolute Gasteiger partial charge is 0.378 e. The van der Waals surface area contributed by atoms with Crippen molar-refractivity contribution in [3.05, 3.63) is 78.0 Å². The molecule has 0 spiro atoms. The van der Waals surface area contributed by atoms with E-state index in [1.807, 2.05) is 0 Å². The number of hydrogen-bond acceptors (Lipinski definition) is 4. The summed E-state index contributed by atoms with van der Waals surface area (Å²) in [5.74, 6) is 0.988. The van der Waals surface area contributed by atoms with Crippen molar-refractivity contribution >= 4 is 22.8 Å². The molecule has 5 nitrogen and oxygen atoms in total. The number of para-hydroxylation sites is 1. The maximum atomic E-state index is 5.48. The van der Waals surface area contributed by atoms with E-state index in [0.29, 0.717) is 0 Å². The predicted octanol–water partition coefficient (Wildman–Crippen LogP) is 5.20. The maximum absolute atomic E-state index is 5.48. The topological polar surface area (TPSA) is 41.8 Å². The fraction of sp³-hybridized carbons (Fsp3) is 0.240. The quantitative estimate of drug-likeness (QED) is 0.513. The van der Waals surface area contributed by atoms with Crippen LogP contribution in [0.3, 0.4) is 0 Å². The lowest BCUT2D eigenvalue weighted by Crippen LogP contribution is -2.36. The molecule has 0 amide bonds. The summed E-state index contributed by atoms with van der Waals surface area (Å²) in [6.07, 6.45) is 2.07. The van der Waals surface area contributed by atoms with E-state index in [0.717, 1.165) is 60.3 Å². The highest BCUT2D eigenvalue weighted by Crippen LogP contribution is 2.33. The number of rotatable bonds is 4. The Labute approximate surface area is 176 Å². The van der Waals surface area contributed by atoms with Gasteiger partial charge in [-0.3, -0.25) is 4.40 Å². The van der Waals surface area contributed by atoms with Crippen molar-refractivity contribution in [1.82, 2.24) is 9.38 Å². The zero-order chi connectivity index (χ0) is 20.5. The molecule has 152 valence electrons. The molecule has 0 radical (unpaired) electrons. The van der Waals surface area contributed by atoms with Gasteiger partial charge in [0.15, 0.2) is 0 Å². The molecule has 2 aromatic carbocycles. The first-order valence-electron chi connectivity index (χ1n) is 10.4. The fourth-order valence-electron chi connectivity index (χ4n) is 4.02. The highest BCUT2D eigenvalue weighted by Gasteiger charge is 2.17. The zero-order valence-corrected chi connectivity index (χ0v) is 17.4. The molecule has 5 rings (SSSR count). The van der Waals surface area contributed by atoms with Gasteiger partial charge in [0.2, 0.25) is 0 Å². The molecule has 5 heteroatoms. The highest BCUT2D eigenvalue weighted by molar-refractivity contribution is 5.81. The van der Waals surface area contributed by atoms with Gasteiger partial charge in [-0.25, -0.2) is 4.98 Å². The molecule has 1 fully saturated rings. The number of fused-ring (bicyclic) bond motifs is 1. The van der Waals surface area contributed by atoms with E-state index in [9.17, 15) is 0 Å². The van der Waals surface area contributed by atoms with Gasteiger partial charge < -0.3 is 15.0 Å². The van der Waals surface area contributed by atoms with Crippen molar-refractivity contribution in [3.8, 4) is 11.3 Å². The van der Waals surface area contributed by atoms with E-state index in [1.54, 1.807) is 0 Å². The van der Waals surface area contributed by atoms with Crippen LogP contribution in [0, 0.1) is 13.8 Å². The zero-order valence-electron chi connectivity index (χ0n) is 17.4. The van der Waals surface area contributed by atoms with E-state index in [4.69, 9.17) is 9.72 Å². The standard InChI is InChI=1S/C25H26N4O/c1-18-6-3-4-8-22(18)26-25-23(27-24-19(2)7-5-13-29(24)25)20-9-11-21(12-10-20)28-14-16-30-17-15-28/h3-13,26H,14-17H2,1-2H3. The molecule has 4 aromatic rings. The summed E-state index contributed by atoms with van der Waals surface area (Å²) in [6, 6.07) is 21.2. The Morgan fingerprint density at radius 3 is 2.37 bits per heavy atom. The summed E-state index contributed by atoms with van der Waals surface area (Å²) < 4.78 is 7.62. The van der Waals surface area contributed by atoms with Gasteiger partial charge in [-0.2, -0.15) is 0 Å². The Morgan fingerprint density at radius 1 is 0.867 bits per heavy atom. The first kappa shape index (κ1) is 18.7. The number of pyridine rings is 1. The smallest absolute Gasteiger partial charge is 0.143 e. The molecule has 2 aromatic heterocycles. The molecule has 3 heterocycles. The van der Waals surface area contributed by atoms with Gasteiger partial charge in [0.25, 0.3) is 0 Å². The van der Waals surface area contributed by atoms with Crippen LogP contribution in [-0.2, 0) is 4.74 Å². The second-order valence-electron chi connectivity index (χ2n) is 7.78. The van der Waals surface area contributed by atoms with E-state index >= 15 is 0 Å². The third-order valence-corrected chi connectivity index (χ3v) is 5.76. The molecule has 1 saturated heterocycles. The lowest BCUT2D eigenvalue weighted by atomic mass is 10.1. The first-order valence-corrected chi connectivity index (χ1v) is 10.4. The Hall–Kier alpha value is -3.31. The Bertz CT molecular complexity index is 1170. The third kappa shape index (κ3) is 3.42. The minimum absolute atomic E-state index is 0.790. The van der Waals surface area contributed by atoms with Crippen LogP contribution in [0.2, 0.25) is 0 Å². The van der Waals surface area contributed by atoms with Crippen molar-refractivity contribution in [1.29, 1.82) is 0 Å². The third-order valence-electron chi connectivity index (χ3n) is 5.76. The lowest BCUT2D eigenvalue weighted by molar-refractivity contribution is 0.122. The number of ether oxygens (including phenoxy) is 1. The van der Waals surface area contributed by atoms with Crippen LogP contribution < -0.4 is 10.2 Å². The van der Waals surface area contributed by atoms with Crippen molar-refractivity contribution in [2.24, 2.45) is 0 Å². The summed E-state index contributed by atoms with van der Waals surface area (Å²) in [6.45, 7) is 7.68. The van der Waals surface area contributed by atoms with Gasteiger partial charge in [-0.15, -0.1) is 0 Å². The van der Waals surface area contributed by atoms with Gasteiger partial charge >= 0.3 is 0 Å². The molecule has 0 saturated carbocycles. The number of benzene rings is 2. The molecule has 1 N–H and O–H groups in total. The van der Waals surface area contributed by atoms with Crippen LogP contribution in [-0.4, -0.2) is 35.7 Å². The van der Waals surface area contributed by atoms with Crippen LogP contribution in [0.15, 0.2) is 66.9 Å². The van der Waals surface area contributed by atoms with E-state index in [2.05, 4.69) is 95.3 Å². The van der Waals surface area contributed by atoms with Crippen LogP contribution >= 0.6 is 0 Å². The molecule has 0 bridgehead atoms. The van der Waals surface area contributed by atoms with Gasteiger partial charge in [-0.1, -0.05) is 36.4 Å². The van der Waals surface area contributed by atoms with Crippen molar-refractivity contribution in [2.75, 3.05) is 36.5 Å². The predicted molar refractivity (Wildman–Crippen MR) is 123 cm³/mol. The monoisotopic (exact) mass is 398 g/mol. The minimum atomic E-state index is 0.790. The molecule has 0 aliphatic carbocycles. The average molecular weight is 399 g/mol. The number of aromatic nitrogens is 2. The molecule has 30 heavy (non-hydrogen) atoms. The number of anilines is 3. The van der Waals surface area contributed by atoms with Crippen molar-refractivity contribution in [2.45, 2.75) is 13.8 Å². The van der Waals surface area contributed by atoms with Gasteiger partial charge in [-0.05, 0) is 49.2 Å². The average Bonchev–Trinajstić information content (AvgIpc) is 3.16. The Balaban J connectivity index is 1.58. The van der Waals surface area contributed by atoms with E-state index in [-0.39, 0.29) is 0 Å². The number of nitrogens with zero attached hydrogens (tertiary/aromatic N) is 3. The summed E-state index contributed by atoms with van der Waals surface area (Å²) in [5, 5.41) is 3.64. The van der Waals surface area contributed by atoms with Gasteiger partial charge in [0.1, 0.15) is 17.2 Å². The molecule has 1 aliphatic rings. The Kier molecular flexibility index (Phi) is 4.89. The summed E-state index contributed by atoms with van der Waals surface area (Å²) >= 11 is 0. The molecular formula is C25H26N4O. The van der Waals surface area contributed by atoms with E-state index in [1.165, 1.54) is 11.3 Å². The highest BCUT2D eigenvalue weighted by atomic mass is 16.5. The van der Waals surface area contributed by atoms with Crippen LogP contribution in [0.25, 0.3) is 16.9 Å². The molecular weight excluding hydrogens is 372 g/mol. The van der Waals surface area contributed by atoms with Gasteiger partial charge in [0.05, 0.1) is 13.2 Å². The first-order chi connectivity index (χ1) is 14.7. The molecule has 1 aliphatic heterocycles. The molecule has 0 unspecified atom stereocenters. The summed E-state index contributed by atoms with van der Waals surface area (Å²) in [7, 11) is 0. The number of imidazole rings is 1. The molecule has 0 atom stereocenters. The fourth-order valence-corrected chi connectivity index (χ4v) is 4.02. The number of hydrogen-bond donors (Lipinski definition) is 1. The van der Waals surface area contributed by atoms with Crippen LogP contribution in [0.5, 0.6) is 0 Å². The minimum Gasteiger partial charge on any atom is -0.378 e. The SMILES string of the molecule is Cc1ccccc1Nc1c(-c2ccc(N3CCOCC3)cc2)nc2c(C)cccn12. The van der Waals surface area contributed by atoms with Crippen LogP contribution in [0.4, 0.5) is 17.2 Å². The maximum Gasteiger partial charge on any atom is 0.143 e. The van der Waals surface area contributed by atoms with Crippen molar-refractivity contribution < 1.29 is 4.74 Å². The van der Waals surface area contributed by atoms with Gasteiger partial charge in [0, 0.05) is 36.2 Å².